The van der Waals surface area contributed by atoms with E-state index in [1.165, 1.54) is 5.56 Å². The van der Waals surface area contributed by atoms with Crippen LogP contribution in [0.4, 0.5) is 5.69 Å². The number of benzene rings is 2. The van der Waals surface area contributed by atoms with E-state index >= 15 is 0 Å². The molecule has 0 unspecified atom stereocenters. The normalized spacial score (nSPS) is 10.5. The number of hydrogen-bond donors (Lipinski definition) is 2. The highest BCUT2D eigenvalue weighted by atomic mass is 35.5. The van der Waals surface area contributed by atoms with Crippen LogP contribution in [0.15, 0.2) is 42.5 Å². The van der Waals surface area contributed by atoms with Crippen LogP contribution in [0.2, 0.25) is 10.0 Å². The van der Waals surface area contributed by atoms with Crippen molar-refractivity contribution in [2.75, 3.05) is 25.5 Å². The van der Waals surface area contributed by atoms with E-state index < -0.39 is 0 Å². The fraction of sp³-hybridized carbons (Fsp3) is 0.278. The Bertz CT molecular complexity index is 675. The van der Waals surface area contributed by atoms with Crippen molar-refractivity contribution in [2.24, 2.45) is 0 Å². The zero-order chi connectivity index (χ0) is 17.4. The van der Waals surface area contributed by atoms with E-state index in [9.17, 15) is 4.79 Å². The molecule has 2 aromatic rings. The predicted molar refractivity (Wildman–Crippen MR) is 99.3 cm³/mol. The Morgan fingerprint density at radius 3 is 2.46 bits per heavy atom. The van der Waals surface area contributed by atoms with Crippen molar-refractivity contribution in [3.63, 3.8) is 0 Å². The molecule has 0 saturated carbocycles. The molecule has 0 aromatic heterocycles. The van der Waals surface area contributed by atoms with Gasteiger partial charge in [-0.1, -0.05) is 35.3 Å². The van der Waals surface area contributed by atoms with Gasteiger partial charge in [-0.2, -0.15) is 0 Å². The molecule has 0 radical (unpaired) electrons. The second kappa shape index (κ2) is 9.52. The summed E-state index contributed by atoms with van der Waals surface area (Å²) in [5.41, 5.74) is 1.79. The molecule has 0 saturated heterocycles. The van der Waals surface area contributed by atoms with E-state index in [1.807, 2.05) is 24.3 Å². The monoisotopic (exact) mass is 366 g/mol. The predicted octanol–water partition coefficient (Wildman–Crippen LogP) is 4.16. The summed E-state index contributed by atoms with van der Waals surface area (Å²) < 4.78 is 5.20. The first kappa shape index (κ1) is 18.6. The van der Waals surface area contributed by atoms with Crippen LogP contribution < -0.4 is 15.4 Å². The maximum atomic E-state index is 12.0. The number of nitrogens with one attached hydrogen (secondary N) is 2. The van der Waals surface area contributed by atoms with Gasteiger partial charge < -0.3 is 15.4 Å². The first-order valence-corrected chi connectivity index (χ1v) is 8.42. The van der Waals surface area contributed by atoms with Gasteiger partial charge in [0, 0.05) is 23.0 Å². The molecule has 24 heavy (non-hydrogen) atoms. The first-order chi connectivity index (χ1) is 11.6. The number of methoxy groups -OCH3 is 1. The Morgan fingerprint density at radius 2 is 1.75 bits per heavy atom. The zero-order valence-corrected chi connectivity index (χ0v) is 15.0. The van der Waals surface area contributed by atoms with Crippen molar-refractivity contribution in [1.82, 2.24) is 5.32 Å². The van der Waals surface area contributed by atoms with Gasteiger partial charge >= 0.3 is 0 Å². The number of amides is 1. The van der Waals surface area contributed by atoms with Crippen molar-refractivity contribution in [3.05, 3.63) is 58.1 Å². The van der Waals surface area contributed by atoms with E-state index in [-0.39, 0.29) is 5.91 Å². The van der Waals surface area contributed by atoms with Gasteiger partial charge in [0.05, 0.1) is 12.8 Å². The number of anilines is 1. The topological polar surface area (TPSA) is 50.4 Å². The smallest absolute Gasteiger partial charge is 0.225 e. The van der Waals surface area contributed by atoms with E-state index in [2.05, 4.69) is 10.6 Å². The summed E-state index contributed by atoms with van der Waals surface area (Å²) >= 11 is 11.8. The van der Waals surface area contributed by atoms with Crippen LogP contribution in [0.3, 0.4) is 0 Å². The van der Waals surface area contributed by atoms with Gasteiger partial charge in [0.15, 0.2) is 0 Å². The molecular weight excluding hydrogens is 347 g/mol. The quantitative estimate of drug-likeness (QED) is 0.689. The van der Waals surface area contributed by atoms with Crippen molar-refractivity contribution in [2.45, 2.75) is 12.8 Å². The fourth-order valence-corrected chi connectivity index (χ4v) is 2.50. The highest BCUT2D eigenvalue weighted by Gasteiger charge is 2.08. The van der Waals surface area contributed by atoms with Crippen LogP contribution in [0.5, 0.6) is 5.75 Å². The van der Waals surface area contributed by atoms with Crippen LogP contribution in [0, 0.1) is 0 Å². The second-order valence-corrected chi connectivity index (χ2v) is 6.14. The molecule has 0 aliphatic rings. The molecule has 0 aliphatic carbocycles. The molecule has 2 rings (SSSR count). The average molecular weight is 367 g/mol. The van der Waals surface area contributed by atoms with E-state index in [4.69, 9.17) is 27.9 Å². The third-order valence-corrected chi connectivity index (χ3v) is 3.96. The van der Waals surface area contributed by atoms with Gasteiger partial charge in [0.25, 0.3) is 0 Å². The highest BCUT2D eigenvalue weighted by Crippen LogP contribution is 2.27. The van der Waals surface area contributed by atoms with E-state index in [0.29, 0.717) is 29.4 Å². The van der Waals surface area contributed by atoms with Gasteiger partial charge in [0.2, 0.25) is 5.91 Å². The molecule has 4 nitrogen and oxygen atoms in total. The molecule has 0 aliphatic heterocycles. The number of carbonyl (C=O) groups is 1. The number of ether oxygens (including phenoxy) is 1. The molecule has 0 spiro atoms. The lowest BCUT2D eigenvalue weighted by molar-refractivity contribution is -0.116. The summed E-state index contributed by atoms with van der Waals surface area (Å²) in [6, 6.07) is 12.9. The third kappa shape index (κ3) is 6.04. The lowest BCUT2D eigenvalue weighted by Crippen LogP contribution is -2.23. The Labute approximate surface area is 152 Å². The molecule has 1 amide bonds. The Morgan fingerprint density at radius 1 is 1.04 bits per heavy atom. The van der Waals surface area contributed by atoms with Crippen LogP contribution in [0.1, 0.15) is 12.0 Å². The second-order valence-electron chi connectivity index (χ2n) is 5.27. The Kier molecular flexibility index (Phi) is 7.37. The van der Waals surface area contributed by atoms with Crippen LogP contribution in [-0.4, -0.2) is 26.1 Å². The minimum Gasteiger partial charge on any atom is -0.495 e. The van der Waals surface area contributed by atoms with Gasteiger partial charge in [-0.15, -0.1) is 0 Å². The third-order valence-electron chi connectivity index (χ3n) is 3.47. The summed E-state index contributed by atoms with van der Waals surface area (Å²) in [6.07, 6.45) is 1.26. The van der Waals surface area contributed by atoms with Crippen LogP contribution in [-0.2, 0) is 11.2 Å². The summed E-state index contributed by atoms with van der Waals surface area (Å²) in [5.74, 6) is 0.498. The summed E-state index contributed by atoms with van der Waals surface area (Å²) in [7, 11) is 1.55. The molecule has 2 N–H and O–H groups in total. The minimum absolute atomic E-state index is 0.0884. The van der Waals surface area contributed by atoms with Crippen molar-refractivity contribution < 1.29 is 9.53 Å². The molecule has 128 valence electrons. The first-order valence-electron chi connectivity index (χ1n) is 7.67. The van der Waals surface area contributed by atoms with Gasteiger partial charge in [-0.05, 0) is 48.9 Å². The minimum atomic E-state index is -0.0884. The lowest BCUT2D eigenvalue weighted by Gasteiger charge is -2.11. The molecule has 0 heterocycles. The number of hydrogen-bond acceptors (Lipinski definition) is 3. The number of halogens is 2. The number of rotatable bonds is 8. The van der Waals surface area contributed by atoms with E-state index in [0.717, 1.165) is 18.0 Å². The van der Waals surface area contributed by atoms with Crippen molar-refractivity contribution >= 4 is 34.8 Å². The maximum absolute atomic E-state index is 12.0. The summed E-state index contributed by atoms with van der Waals surface area (Å²) in [6.45, 7) is 1.40. The van der Waals surface area contributed by atoms with Crippen LogP contribution in [0.25, 0.3) is 0 Å². The lowest BCUT2D eigenvalue weighted by atomic mass is 10.1. The van der Waals surface area contributed by atoms with Gasteiger partial charge in [0.1, 0.15) is 5.75 Å². The largest absolute Gasteiger partial charge is 0.495 e. The maximum Gasteiger partial charge on any atom is 0.225 e. The van der Waals surface area contributed by atoms with Crippen LogP contribution >= 0.6 is 23.2 Å². The SMILES string of the molecule is COc1ccc(Cl)cc1NC(=O)CCNCCc1ccc(Cl)cc1. The Balaban J connectivity index is 1.70. The number of carbonyl (C=O) groups excluding carboxylic acids is 1. The molecule has 0 fully saturated rings. The standard InChI is InChI=1S/C18H20Cl2N2O2/c1-24-17-7-6-15(20)12-16(17)22-18(23)9-11-21-10-8-13-2-4-14(19)5-3-13/h2-7,12,21H,8-11H2,1H3,(H,22,23). The van der Waals surface area contributed by atoms with Crippen molar-refractivity contribution in [3.8, 4) is 5.75 Å². The fourth-order valence-electron chi connectivity index (χ4n) is 2.20. The zero-order valence-electron chi connectivity index (χ0n) is 13.4. The summed E-state index contributed by atoms with van der Waals surface area (Å²) in [4.78, 5) is 12.0. The van der Waals surface area contributed by atoms with E-state index in [1.54, 1.807) is 25.3 Å². The summed E-state index contributed by atoms with van der Waals surface area (Å²) in [5, 5.41) is 7.35. The Hall–Kier alpha value is -1.75. The molecule has 6 heteroatoms. The van der Waals surface area contributed by atoms with Gasteiger partial charge in [-0.3, -0.25) is 4.79 Å². The molecule has 0 bridgehead atoms. The molecule has 0 atom stereocenters. The van der Waals surface area contributed by atoms with Gasteiger partial charge in [-0.25, -0.2) is 0 Å². The highest BCUT2D eigenvalue weighted by molar-refractivity contribution is 6.31. The molecule has 2 aromatic carbocycles. The average Bonchev–Trinajstić information content (AvgIpc) is 2.56. The molecular formula is C18H20Cl2N2O2. The van der Waals surface area contributed by atoms with Crippen molar-refractivity contribution in [1.29, 1.82) is 0 Å².